The first-order valence-electron chi connectivity index (χ1n) is 8.90. The quantitative estimate of drug-likeness (QED) is 0.820. The van der Waals surface area contributed by atoms with Crippen molar-refractivity contribution in [3.63, 3.8) is 0 Å². The Morgan fingerprint density at radius 3 is 2.92 bits per heavy atom. The number of piperidine rings is 1. The molecule has 1 saturated heterocycles. The Morgan fingerprint density at radius 2 is 2.19 bits per heavy atom. The van der Waals surface area contributed by atoms with Gasteiger partial charge in [-0.2, -0.15) is 5.10 Å². The number of likely N-dealkylation sites (tertiary alicyclic amines) is 1. The summed E-state index contributed by atoms with van der Waals surface area (Å²) in [7, 11) is 0. The summed E-state index contributed by atoms with van der Waals surface area (Å²) in [6.07, 6.45) is 6.22. The fourth-order valence-electron chi connectivity index (χ4n) is 3.27. The molecule has 0 bridgehead atoms. The Balaban J connectivity index is 1.65. The minimum Gasteiger partial charge on any atom is -0.352 e. The molecule has 3 rings (SSSR count). The highest BCUT2D eigenvalue weighted by Crippen LogP contribution is 2.17. The number of nitrogens with one attached hydrogen (secondary N) is 1. The highest BCUT2D eigenvalue weighted by atomic mass is 19.1. The monoisotopic (exact) mass is 358 g/mol. The van der Waals surface area contributed by atoms with Crippen molar-refractivity contribution in [3.8, 4) is 0 Å². The van der Waals surface area contributed by atoms with Gasteiger partial charge in [0.2, 0.25) is 11.8 Å². The smallest absolute Gasteiger partial charge is 0.241 e. The van der Waals surface area contributed by atoms with E-state index in [1.54, 1.807) is 29.2 Å². The Bertz CT molecular complexity index is 748. The van der Waals surface area contributed by atoms with E-state index in [1.165, 1.54) is 12.1 Å². The molecule has 6 nitrogen and oxygen atoms in total. The summed E-state index contributed by atoms with van der Waals surface area (Å²) in [6.45, 7) is 1.14. The van der Waals surface area contributed by atoms with Crippen LogP contribution in [0.1, 0.15) is 24.8 Å². The second kappa shape index (κ2) is 8.60. The van der Waals surface area contributed by atoms with Crippen molar-refractivity contribution >= 4 is 11.8 Å². The maximum Gasteiger partial charge on any atom is 0.241 e. The largest absolute Gasteiger partial charge is 0.352 e. The van der Waals surface area contributed by atoms with Crippen LogP contribution in [-0.4, -0.2) is 45.6 Å². The lowest BCUT2D eigenvalue weighted by atomic mass is 10.0. The van der Waals surface area contributed by atoms with Gasteiger partial charge in [0.15, 0.2) is 0 Å². The first kappa shape index (κ1) is 18.1. The van der Waals surface area contributed by atoms with Crippen molar-refractivity contribution in [2.24, 2.45) is 0 Å². The molecule has 7 heteroatoms. The molecule has 2 aromatic rings. The van der Waals surface area contributed by atoms with Crippen LogP contribution < -0.4 is 5.32 Å². The molecule has 0 unspecified atom stereocenters. The molecular weight excluding hydrogens is 335 g/mol. The van der Waals surface area contributed by atoms with Gasteiger partial charge >= 0.3 is 0 Å². The van der Waals surface area contributed by atoms with E-state index in [4.69, 9.17) is 0 Å². The van der Waals surface area contributed by atoms with Crippen LogP contribution >= 0.6 is 0 Å². The predicted molar refractivity (Wildman–Crippen MR) is 94.7 cm³/mol. The number of rotatable bonds is 7. The number of carbonyl (C=O) groups excluding carboxylic acids is 2. The van der Waals surface area contributed by atoms with E-state index in [1.807, 2.05) is 11.0 Å². The van der Waals surface area contributed by atoms with E-state index in [-0.39, 0.29) is 30.2 Å². The number of benzene rings is 1. The minimum atomic E-state index is -0.297. The molecule has 1 aromatic heterocycles. The van der Waals surface area contributed by atoms with Crippen LogP contribution in [0.5, 0.6) is 0 Å². The maximum atomic E-state index is 13.5. The molecule has 0 saturated carbocycles. The SMILES string of the molecule is O=C(Cn1cccn1)NC[C@@H](Cc1cccc(F)c1)N1CCCCC1=O. The number of hydrogen-bond donors (Lipinski definition) is 1. The van der Waals surface area contributed by atoms with E-state index in [2.05, 4.69) is 10.4 Å². The van der Waals surface area contributed by atoms with Crippen LogP contribution in [0.2, 0.25) is 0 Å². The van der Waals surface area contributed by atoms with Crippen molar-refractivity contribution in [1.82, 2.24) is 20.0 Å². The first-order chi connectivity index (χ1) is 12.6. The van der Waals surface area contributed by atoms with E-state index in [0.29, 0.717) is 25.9 Å². The van der Waals surface area contributed by atoms with Gasteiger partial charge < -0.3 is 10.2 Å². The topological polar surface area (TPSA) is 67.2 Å². The van der Waals surface area contributed by atoms with Crippen LogP contribution in [-0.2, 0) is 22.6 Å². The molecule has 1 atom stereocenters. The number of halogens is 1. The van der Waals surface area contributed by atoms with Crippen LogP contribution in [0.15, 0.2) is 42.7 Å². The third-order valence-corrected chi connectivity index (χ3v) is 4.56. The maximum absolute atomic E-state index is 13.5. The zero-order valence-corrected chi connectivity index (χ0v) is 14.6. The highest BCUT2D eigenvalue weighted by Gasteiger charge is 2.26. The number of aromatic nitrogens is 2. The van der Waals surface area contributed by atoms with E-state index in [9.17, 15) is 14.0 Å². The van der Waals surface area contributed by atoms with Crippen molar-refractivity contribution in [2.45, 2.75) is 38.3 Å². The van der Waals surface area contributed by atoms with Gasteiger partial charge in [-0.05, 0) is 43.0 Å². The summed E-state index contributed by atoms with van der Waals surface area (Å²) in [5, 5.41) is 6.90. The van der Waals surface area contributed by atoms with Gasteiger partial charge in [-0.25, -0.2) is 4.39 Å². The lowest BCUT2D eigenvalue weighted by Gasteiger charge is -2.35. The van der Waals surface area contributed by atoms with Gasteiger partial charge in [0.05, 0.1) is 6.04 Å². The molecule has 1 aromatic carbocycles. The second-order valence-electron chi connectivity index (χ2n) is 6.54. The van der Waals surface area contributed by atoms with Crippen LogP contribution in [0.25, 0.3) is 0 Å². The first-order valence-corrected chi connectivity index (χ1v) is 8.90. The van der Waals surface area contributed by atoms with E-state index in [0.717, 1.165) is 18.4 Å². The summed E-state index contributed by atoms with van der Waals surface area (Å²) in [5.41, 5.74) is 0.815. The van der Waals surface area contributed by atoms with Gasteiger partial charge in [0, 0.05) is 31.9 Å². The van der Waals surface area contributed by atoms with Crippen LogP contribution in [0, 0.1) is 5.82 Å². The summed E-state index contributed by atoms with van der Waals surface area (Å²) < 4.78 is 15.0. The van der Waals surface area contributed by atoms with Gasteiger partial charge in [-0.1, -0.05) is 12.1 Å². The normalized spacial score (nSPS) is 15.7. The number of amides is 2. The van der Waals surface area contributed by atoms with Crippen molar-refractivity contribution in [1.29, 1.82) is 0 Å². The molecule has 138 valence electrons. The fourth-order valence-corrected chi connectivity index (χ4v) is 3.27. The zero-order chi connectivity index (χ0) is 18.4. The van der Waals surface area contributed by atoms with Crippen molar-refractivity contribution < 1.29 is 14.0 Å². The molecule has 2 amide bonds. The van der Waals surface area contributed by atoms with Crippen LogP contribution in [0.4, 0.5) is 4.39 Å². The minimum absolute atomic E-state index is 0.0963. The van der Waals surface area contributed by atoms with Gasteiger partial charge in [0.25, 0.3) is 0 Å². The van der Waals surface area contributed by atoms with E-state index < -0.39 is 0 Å². The molecule has 1 aliphatic heterocycles. The number of carbonyl (C=O) groups is 2. The molecule has 1 aliphatic rings. The fraction of sp³-hybridized carbons (Fsp3) is 0.421. The molecule has 2 heterocycles. The Hall–Kier alpha value is -2.70. The Morgan fingerprint density at radius 1 is 1.31 bits per heavy atom. The molecule has 0 aliphatic carbocycles. The standard InChI is InChI=1S/C19H23FN4O2/c20-16-6-3-5-15(11-16)12-17(24-10-2-1-7-19(24)26)13-21-18(25)14-23-9-4-8-22-23/h3-6,8-9,11,17H,1-2,7,10,12-14H2,(H,21,25)/t17-/m1/s1. The van der Waals surface area contributed by atoms with Gasteiger partial charge in [0.1, 0.15) is 12.4 Å². The summed E-state index contributed by atoms with van der Waals surface area (Å²) in [5.74, 6) is -0.365. The Kier molecular flexibility index (Phi) is 5.99. The molecule has 1 N–H and O–H groups in total. The molecule has 0 radical (unpaired) electrons. The molecule has 1 fully saturated rings. The van der Waals surface area contributed by atoms with Crippen molar-refractivity contribution in [3.05, 3.63) is 54.1 Å². The van der Waals surface area contributed by atoms with E-state index >= 15 is 0 Å². The predicted octanol–water partition coefficient (Wildman–Crippen LogP) is 1.76. The molecule has 0 spiro atoms. The zero-order valence-electron chi connectivity index (χ0n) is 14.6. The Labute approximate surface area is 152 Å². The molecule has 26 heavy (non-hydrogen) atoms. The number of hydrogen-bond acceptors (Lipinski definition) is 3. The number of nitrogens with zero attached hydrogens (tertiary/aromatic N) is 3. The third-order valence-electron chi connectivity index (χ3n) is 4.56. The lowest BCUT2D eigenvalue weighted by molar-refractivity contribution is -0.136. The summed E-state index contributed by atoms with van der Waals surface area (Å²) >= 11 is 0. The van der Waals surface area contributed by atoms with Crippen LogP contribution in [0.3, 0.4) is 0 Å². The van der Waals surface area contributed by atoms with Gasteiger partial charge in [-0.15, -0.1) is 0 Å². The average Bonchev–Trinajstić information content (AvgIpc) is 3.12. The van der Waals surface area contributed by atoms with Gasteiger partial charge in [-0.3, -0.25) is 14.3 Å². The second-order valence-corrected chi connectivity index (χ2v) is 6.54. The third kappa shape index (κ3) is 4.91. The highest BCUT2D eigenvalue weighted by molar-refractivity contribution is 5.78. The molecular formula is C19H23FN4O2. The summed E-state index contributed by atoms with van der Waals surface area (Å²) in [6, 6.07) is 7.95. The lowest BCUT2D eigenvalue weighted by Crippen LogP contribution is -2.50. The average molecular weight is 358 g/mol. The van der Waals surface area contributed by atoms with Crippen molar-refractivity contribution in [2.75, 3.05) is 13.1 Å². The summed E-state index contributed by atoms with van der Waals surface area (Å²) in [4.78, 5) is 26.3.